The molecule has 1 unspecified atom stereocenters. The van der Waals surface area contributed by atoms with Crippen molar-refractivity contribution in [2.45, 2.75) is 45.6 Å². The summed E-state index contributed by atoms with van der Waals surface area (Å²) < 4.78 is 2.10. The van der Waals surface area contributed by atoms with Gasteiger partial charge in [-0.3, -0.25) is 0 Å². The van der Waals surface area contributed by atoms with Gasteiger partial charge in [0.1, 0.15) is 0 Å². The lowest BCUT2D eigenvalue weighted by Crippen LogP contribution is -2.15. The van der Waals surface area contributed by atoms with E-state index < -0.39 is 0 Å². The molecule has 1 aromatic rings. The third-order valence-corrected chi connectivity index (χ3v) is 3.18. The molecule has 2 heterocycles. The van der Waals surface area contributed by atoms with Gasteiger partial charge in [0.2, 0.25) is 0 Å². The molecule has 0 aromatic carbocycles. The van der Waals surface area contributed by atoms with Crippen molar-refractivity contribution >= 4 is 0 Å². The number of nitrogens with one attached hydrogen (secondary N) is 1. The van der Waals surface area contributed by atoms with E-state index in [4.69, 9.17) is 0 Å². The number of rotatable bonds is 3. The maximum Gasteiger partial charge on any atom is 0.0728 e. The van der Waals surface area contributed by atoms with Crippen molar-refractivity contribution in [2.24, 2.45) is 5.92 Å². The van der Waals surface area contributed by atoms with Crippen LogP contribution in [0.3, 0.4) is 0 Å². The first kappa shape index (κ1) is 11.6. The van der Waals surface area contributed by atoms with Crippen LogP contribution in [0.5, 0.6) is 0 Å². The summed E-state index contributed by atoms with van der Waals surface area (Å²) in [6.45, 7) is 7.71. The molecule has 1 N–H and O–H groups in total. The Kier molecular flexibility index (Phi) is 3.93. The van der Waals surface area contributed by atoms with Gasteiger partial charge < -0.3 is 5.32 Å². The topological polar surface area (TPSA) is 42.7 Å². The molecule has 4 heteroatoms. The van der Waals surface area contributed by atoms with Crippen LogP contribution >= 0.6 is 0 Å². The highest BCUT2D eigenvalue weighted by atomic mass is 15.4. The molecule has 0 aliphatic carbocycles. The molecule has 0 spiro atoms. The van der Waals surface area contributed by atoms with E-state index in [0.717, 1.165) is 19.6 Å². The Bertz CT molecular complexity index is 311. The summed E-state index contributed by atoms with van der Waals surface area (Å²) in [6, 6.07) is 0. The van der Waals surface area contributed by atoms with E-state index in [1.54, 1.807) is 0 Å². The molecule has 0 bridgehead atoms. The van der Waals surface area contributed by atoms with Crippen molar-refractivity contribution in [3.05, 3.63) is 11.9 Å². The number of nitrogens with zero attached hydrogens (tertiary/aromatic N) is 3. The zero-order chi connectivity index (χ0) is 11.4. The molecule has 2 rings (SSSR count). The van der Waals surface area contributed by atoms with E-state index in [9.17, 15) is 0 Å². The molecular weight excluding hydrogens is 200 g/mol. The van der Waals surface area contributed by atoms with Gasteiger partial charge in [0.15, 0.2) is 0 Å². The van der Waals surface area contributed by atoms with E-state index in [-0.39, 0.29) is 0 Å². The zero-order valence-corrected chi connectivity index (χ0v) is 10.3. The van der Waals surface area contributed by atoms with Gasteiger partial charge in [-0.05, 0) is 38.3 Å². The van der Waals surface area contributed by atoms with E-state index in [1.165, 1.54) is 25.0 Å². The Morgan fingerprint density at radius 3 is 3.12 bits per heavy atom. The van der Waals surface area contributed by atoms with Gasteiger partial charge >= 0.3 is 0 Å². The second-order valence-corrected chi connectivity index (χ2v) is 5.11. The molecular formula is C12H22N4. The van der Waals surface area contributed by atoms with Gasteiger partial charge in [0.25, 0.3) is 0 Å². The largest absolute Gasteiger partial charge is 0.317 e. The summed E-state index contributed by atoms with van der Waals surface area (Å²) in [5, 5.41) is 11.7. The molecule has 1 saturated heterocycles. The highest BCUT2D eigenvalue weighted by molar-refractivity contribution is 5.04. The first-order valence-electron chi connectivity index (χ1n) is 6.36. The monoisotopic (exact) mass is 222 g/mol. The van der Waals surface area contributed by atoms with Gasteiger partial charge in [-0.25, -0.2) is 4.68 Å². The Morgan fingerprint density at radius 2 is 2.31 bits per heavy atom. The maximum atomic E-state index is 4.21. The number of aromatic nitrogens is 3. The van der Waals surface area contributed by atoms with Crippen LogP contribution in [0.2, 0.25) is 0 Å². The molecule has 0 amide bonds. The minimum atomic E-state index is 0.629. The SMILES string of the molecule is CC(C)Cn1nncc1C1CCCNCC1. The molecule has 4 nitrogen and oxygen atoms in total. The average molecular weight is 222 g/mol. The Balaban J connectivity index is 2.09. The van der Waals surface area contributed by atoms with E-state index in [0.29, 0.717) is 11.8 Å². The Hall–Kier alpha value is -0.900. The van der Waals surface area contributed by atoms with Gasteiger partial charge in [0, 0.05) is 12.5 Å². The van der Waals surface area contributed by atoms with E-state index in [2.05, 4.69) is 34.2 Å². The minimum Gasteiger partial charge on any atom is -0.317 e. The first-order valence-corrected chi connectivity index (χ1v) is 6.36. The quantitative estimate of drug-likeness (QED) is 0.848. The van der Waals surface area contributed by atoms with Crippen LogP contribution < -0.4 is 5.32 Å². The Morgan fingerprint density at radius 1 is 1.44 bits per heavy atom. The molecule has 1 fully saturated rings. The standard InChI is InChI=1S/C12H22N4/c1-10(2)9-16-12(8-14-15-16)11-4-3-6-13-7-5-11/h8,10-11,13H,3-7,9H2,1-2H3. The van der Waals surface area contributed by atoms with Crippen LogP contribution in [0, 0.1) is 5.92 Å². The lowest BCUT2D eigenvalue weighted by atomic mass is 9.97. The molecule has 16 heavy (non-hydrogen) atoms. The molecule has 1 aliphatic heterocycles. The average Bonchev–Trinajstić information content (AvgIpc) is 2.53. The van der Waals surface area contributed by atoms with Gasteiger partial charge in [0.05, 0.1) is 11.9 Å². The normalized spacial score (nSPS) is 22.3. The predicted molar refractivity (Wildman–Crippen MR) is 64.3 cm³/mol. The highest BCUT2D eigenvalue weighted by Gasteiger charge is 2.18. The van der Waals surface area contributed by atoms with Crippen LogP contribution in [-0.2, 0) is 6.54 Å². The van der Waals surface area contributed by atoms with Crippen LogP contribution in [0.4, 0.5) is 0 Å². The van der Waals surface area contributed by atoms with Crippen LogP contribution in [0.1, 0.15) is 44.7 Å². The summed E-state index contributed by atoms with van der Waals surface area (Å²) in [5.74, 6) is 1.27. The fourth-order valence-corrected chi connectivity index (χ4v) is 2.38. The van der Waals surface area contributed by atoms with Gasteiger partial charge in [-0.2, -0.15) is 0 Å². The van der Waals surface area contributed by atoms with Crippen molar-refractivity contribution in [3.63, 3.8) is 0 Å². The first-order chi connectivity index (χ1) is 7.77. The van der Waals surface area contributed by atoms with Crippen LogP contribution in [0.25, 0.3) is 0 Å². The zero-order valence-electron chi connectivity index (χ0n) is 10.3. The summed E-state index contributed by atoms with van der Waals surface area (Å²) in [6.07, 6.45) is 5.69. The summed E-state index contributed by atoms with van der Waals surface area (Å²) in [5.41, 5.74) is 1.33. The number of hydrogen-bond donors (Lipinski definition) is 1. The van der Waals surface area contributed by atoms with Crippen LogP contribution in [-0.4, -0.2) is 28.1 Å². The van der Waals surface area contributed by atoms with E-state index in [1.807, 2.05) is 6.20 Å². The summed E-state index contributed by atoms with van der Waals surface area (Å²) in [7, 11) is 0. The summed E-state index contributed by atoms with van der Waals surface area (Å²) in [4.78, 5) is 0. The summed E-state index contributed by atoms with van der Waals surface area (Å²) >= 11 is 0. The maximum absolute atomic E-state index is 4.21. The lowest BCUT2D eigenvalue weighted by molar-refractivity contribution is 0.436. The molecule has 0 saturated carbocycles. The molecule has 1 aromatic heterocycles. The smallest absolute Gasteiger partial charge is 0.0728 e. The third kappa shape index (κ3) is 2.82. The van der Waals surface area contributed by atoms with Crippen molar-refractivity contribution in [1.29, 1.82) is 0 Å². The van der Waals surface area contributed by atoms with Gasteiger partial charge in [-0.15, -0.1) is 5.10 Å². The van der Waals surface area contributed by atoms with Crippen molar-refractivity contribution < 1.29 is 0 Å². The molecule has 1 atom stereocenters. The van der Waals surface area contributed by atoms with Crippen molar-refractivity contribution in [2.75, 3.05) is 13.1 Å². The fourth-order valence-electron chi connectivity index (χ4n) is 2.38. The van der Waals surface area contributed by atoms with Crippen molar-refractivity contribution in [3.8, 4) is 0 Å². The highest BCUT2D eigenvalue weighted by Crippen LogP contribution is 2.25. The number of hydrogen-bond acceptors (Lipinski definition) is 3. The fraction of sp³-hybridized carbons (Fsp3) is 0.833. The molecule has 1 aliphatic rings. The van der Waals surface area contributed by atoms with Crippen molar-refractivity contribution in [1.82, 2.24) is 20.3 Å². The van der Waals surface area contributed by atoms with Gasteiger partial charge in [-0.1, -0.05) is 19.1 Å². The minimum absolute atomic E-state index is 0.629. The Labute approximate surface area is 97.4 Å². The molecule has 90 valence electrons. The second kappa shape index (κ2) is 5.43. The predicted octanol–water partition coefficient (Wildman–Crippen LogP) is 1.79. The third-order valence-electron chi connectivity index (χ3n) is 3.18. The lowest BCUT2D eigenvalue weighted by Gasteiger charge is -2.16. The molecule has 0 radical (unpaired) electrons. The van der Waals surface area contributed by atoms with E-state index >= 15 is 0 Å². The second-order valence-electron chi connectivity index (χ2n) is 5.11. The van der Waals surface area contributed by atoms with Crippen LogP contribution in [0.15, 0.2) is 6.20 Å².